The quantitative estimate of drug-likeness (QED) is 0.616. The molecule has 2 aromatic rings. The van der Waals surface area contributed by atoms with Gasteiger partial charge in [-0.25, -0.2) is 4.98 Å². The average Bonchev–Trinajstić information content (AvgIpc) is 3.24. The van der Waals surface area contributed by atoms with Crippen LogP contribution in [0.3, 0.4) is 0 Å². The molecule has 0 N–H and O–H groups in total. The number of aryl methyl sites for hydroxylation is 1. The van der Waals surface area contributed by atoms with E-state index in [-0.39, 0.29) is 17.9 Å². The normalized spacial score (nSPS) is 19.0. The van der Waals surface area contributed by atoms with Gasteiger partial charge in [-0.2, -0.15) is 0 Å². The maximum absolute atomic E-state index is 12.8. The molecule has 168 valence electrons. The Hall–Kier alpha value is -1.99. The summed E-state index contributed by atoms with van der Waals surface area (Å²) in [5.41, 5.74) is 1.07. The number of carbonyl (C=O) groups is 2. The van der Waals surface area contributed by atoms with Crippen molar-refractivity contribution in [3.05, 3.63) is 29.3 Å². The molecular formula is C24H34N4O2S. The number of hydrogen-bond donors (Lipinski definition) is 0. The second-order valence-electron chi connectivity index (χ2n) is 8.76. The Kier molecular flexibility index (Phi) is 7.56. The second-order valence-corrected chi connectivity index (χ2v) is 9.88. The van der Waals surface area contributed by atoms with E-state index in [0.29, 0.717) is 6.42 Å². The third-order valence-electron chi connectivity index (χ3n) is 6.61. The minimum absolute atomic E-state index is 0.0795. The number of aromatic nitrogens is 1. The number of rotatable bonds is 7. The fourth-order valence-electron chi connectivity index (χ4n) is 4.63. The minimum Gasteiger partial charge on any atom is -0.341 e. The zero-order valence-corrected chi connectivity index (χ0v) is 19.4. The molecule has 2 fully saturated rings. The highest BCUT2D eigenvalue weighted by Gasteiger charge is 2.30. The molecule has 1 atom stereocenters. The van der Waals surface area contributed by atoms with Gasteiger partial charge in [-0.3, -0.25) is 14.5 Å². The van der Waals surface area contributed by atoms with Crippen LogP contribution >= 0.6 is 11.3 Å². The number of amides is 2. The van der Waals surface area contributed by atoms with Gasteiger partial charge in [0.05, 0.1) is 21.3 Å². The SMILES string of the molecule is CC(C(=O)N1CCCCC1)N1CCN(C(=O)CCCCc2nc3ccccc3s2)CC1. The number of piperidine rings is 1. The highest BCUT2D eigenvalue weighted by molar-refractivity contribution is 7.18. The number of likely N-dealkylation sites (tertiary alicyclic amines) is 1. The first kappa shape index (κ1) is 22.2. The van der Waals surface area contributed by atoms with Crippen LogP contribution in [0.25, 0.3) is 10.2 Å². The molecule has 2 saturated heterocycles. The summed E-state index contributed by atoms with van der Waals surface area (Å²) < 4.78 is 1.24. The van der Waals surface area contributed by atoms with E-state index in [9.17, 15) is 9.59 Å². The maximum Gasteiger partial charge on any atom is 0.239 e. The first-order valence-electron chi connectivity index (χ1n) is 11.8. The van der Waals surface area contributed by atoms with Crippen molar-refractivity contribution in [3.8, 4) is 0 Å². The van der Waals surface area contributed by atoms with Gasteiger partial charge in [0.15, 0.2) is 0 Å². The first-order chi connectivity index (χ1) is 15.1. The molecule has 1 aromatic carbocycles. The van der Waals surface area contributed by atoms with Gasteiger partial charge in [0.2, 0.25) is 11.8 Å². The van der Waals surface area contributed by atoms with E-state index < -0.39 is 0 Å². The average molecular weight is 443 g/mol. The molecule has 6 nitrogen and oxygen atoms in total. The van der Waals surface area contributed by atoms with Crippen molar-refractivity contribution in [2.45, 2.75) is 57.9 Å². The Labute approximate surface area is 189 Å². The molecule has 0 spiro atoms. The highest BCUT2D eigenvalue weighted by atomic mass is 32.1. The van der Waals surface area contributed by atoms with Gasteiger partial charge in [-0.1, -0.05) is 12.1 Å². The smallest absolute Gasteiger partial charge is 0.239 e. The summed E-state index contributed by atoms with van der Waals surface area (Å²) >= 11 is 1.76. The van der Waals surface area contributed by atoms with Crippen molar-refractivity contribution in [2.24, 2.45) is 0 Å². The van der Waals surface area contributed by atoms with E-state index in [2.05, 4.69) is 22.0 Å². The van der Waals surface area contributed by atoms with Gasteiger partial charge in [-0.05, 0) is 57.6 Å². The molecule has 7 heteroatoms. The molecule has 0 radical (unpaired) electrons. The number of benzene rings is 1. The van der Waals surface area contributed by atoms with Gasteiger partial charge in [-0.15, -0.1) is 11.3 Å². The van der Waals surface area contributed by atoms with Gasteiger partial charge < -0.3 is 9.80 Å². The van der Waals surface area contributed by atoms with Crippen LogP contribution in [0.5, 0.6) is 0 Å². The van der Waals surface area contributed by atoms with E-state index in [4.69, 9.17) is 0 Å². The lowest BCUT2D eigenvalue weighted by atomic mass is 10.1. The molecule has 2 aliphatic heterocycles. The Bertz CT molecular complexity index is 852. The predicted octanol–water partition coefficient (Wildman–Crippen LogP) is 3.55. The fourth-order valence-corrected chi connectivity index (χ4v) is 5.64. The summed E-state index contributed by atoms with van der Waals surface area (Å²) in [6.07, 6.45) is 6.92. The van der Waals surface area contributed by atoms with Crippen LogP contribution in [-0.2, 0) is 16.0 Å². The van der Waals surface area contributed by atoms with Crippen molar-refractivity contribution < 1.29 is 9.59 Å². The molecule has 1 aromatic heterocycles. The minimum atomic E-state index is -0.0795. The number of nitrogens with zero attached hydrogens (tertiary/aromatic N) is 4. The van der Waals surface area contributed by atoms with Crippen molar-refractivity contribution >= 4 is 33.4 Å². The van der Waals surface area contributed by atoms with Crippen molar-refractivity contribution in [1.29, 1.82) is 0 Å². The van der Waals surface area contributed by atoms with Gasteiger partial charge in [0.1, 0.15) is 0 Å². The van der Waals surface area contributed by atoms with E-state index in [1.165, 1.54) is 11.1 Å². The summed E-state index contributed by atoms with van der Waals surface area (Å²) in [5.74, 6) is 0.508. The Morgan fingerprint density at radius 1 is 0.968 bits per heavy atom. The number of para-hydroxylation sites is 1. The summed E-state index contributed by atoms with van der Waals surface area (Å²) in [6, 6.07) is 8.16. The molecular weight excluding hydrogens is 408 g/mol. The third kappa shape index (κ3) is 5.63. The molecule has 31 heavy (non-hydrogen) atoms. The number of thiazole rings is 1. The van der Waals surface area contributed by atoms with Gasteiger partial charge in [0.25, 0.3) is 0 Å². The zero-order chi connectivity index (χ0) is 21.6. The molecule has 3 heterocycles. The van der Waals surface area contributed by atoms with Crippen LogP contribution in [0.2, 0.25) is 0 Å². The molecule has 0 bridgehead atoms. The molecule has 4 rings (SSSR count). The van der Waals surface area contributed by atoms with Crippen LogP contribution in [0.4, 0.5) is 0 Å². The van der Waals surface area contributed by atoms with Gasteiger partial charge >= 0.3 is 0 Å². The highest BCUT2D eigenvalue weighted by Crippen LogP contribution is 2.23. The number of piperazine rings is 1. The lowest BCUT2D eigenvalue weighted by Gasteiger charge is -2.39. The number of unbranched alkanes of at least 4 members (excludes halogenated alkanes) is 1. The van der Waals surface area contributed by atoms with Crippen LogP contribution in [0.15, 0.2) is 24.3 Å². The second kappa shape index (κ2) is 10.6. The van der Waals surface area contributed by atoms with Crippen LogP contribution in [0, 0.1) is 0 Å². The molecule has 2 aliphatic rings. The van der Waals surface area contributed by atoms with E-state index in [1.54, 1.807) is 11.3 Å². The number of carbonyl (C=O) groups excluding carboxylic acids is 2. The van der Waals surface area contributed by atoms with Crippen molar-refractivity contribution in [2.75, 3.05) is 39.3 Å². The van der Waals surface area contributed by atoms with Crippen LogP contribution < -0.4 is 0 Å². The largest absolute Gasteiger partial charge is 0.341 e. The summed E-state index contributed by atoms with van der Waals surface area (Å²) in [7, 11) is 0. The lowest BCUT2D eigenvalue weighted by molar-refractivity contribution is -0.139. The number of fused-ring (bicyclic) bond motifs is 1. The lowest BCUT2D eigenvalue weighted by Crippen LogP contribution is -2.56. The van der Waals surface area contributed by atoms with E-state index in [0.717, 1.165) is 81.9 Å². The first-order valence-corrected chi connectivity index (χ1v) is 12.6. The number of hydrogen-bond acceptors (Lipinski definition) is 5. The third-order valence-corrected chi connectivity index (χ3v) is 7.71. The standard InChI is InChI=1S/C24H34N4O2S/c1-19(24(30)28-13-7-2-8-14-28)26-15-17-27(18-16-26)23(29)12-6-5-11-22-25-20-9-3-4-10-21(20)31-22/h3-4,9-10,19H,2,5-8,11-18H2,1H3. The Morgan fingerprint density at radius 3 is 2.45 bits per heavy atom. The van der Waals surface area contributed by atoms with E-state index in [1.807, 2.05) is 28.9 Å². The van der Waals surface area contributed by atoms with Crippen molar-refractivity contribution in [3.63, 3.8) is 0 Å². The Balaban J connectivity index is 1.15. The van der Waals surface area contributed by atoms with E-state index >= 15 is 0 Å². The van der Waals surface area contributed by atoms with Crippen molar-refractivity contribution in [1.82, 2.24) is 19.7 Å². The maximum atomic E-state index is 12.8. The van der Waals surface area contributed by atoms with Gasteiger partial charge in [0, 0.05) is 45.7 Å². The molecule has 1 unspecified atom stereocenters. The van der Waals surface area contributed by atoms with Crippen LogP contribution in [-0.4, -0.2) is 76.8 Å². The summed E-state index contributed by atoms with van der Waals surface area (Å²) in [5, 5.41) is 1.16. The Morgan fingerprint density at radius 2 is 1.71 bits per heavy atom. The fraction of sp³-hybridized carbons (Fsp3) is 0.625. The van der Waals surface area contributed by atoms with Crippen LogP contribution in [0.1, 0.15) is 50.5 Å². The molecule has 0 aliphatic carbocycles. The summed E-state index contributed by atoms with van der Waals surface area (Å²) in [4.78, 5) is 36.3. The molecule has 0 saturated carbocycles. The molecule has 2 amide bonds. The monoisotopic (exact) mass is 442 g/mol. The zero-order valence-electron chi connectivity index (χ0n) is 18.6. The topological polar surface area (TPSA) is 56.8 Å². The predicted molar refractivity (Wildman–Crippen MR) is 125 cm³/mol. The summed E-state index contributed by atoms with van der Waals surface area (Å²) in [6.45, 7) is 6.87.